The number of aliphatic hydroxyl groups is 1. The minimum absolute atomic E-state index is 0.553. The lowest BCUT2D eigenvalue weighted by molar-refractivity contribution is 0.0576. The van der Waals surface area contributed by atoms with E-state index in [-0.39, 0.29) is 0 Å². The Morgan fingerprint density at radius 1 is 1.11 bits per heavy atom. The molecule has 1 unspecified atom stereocenters. The number of benzene rings is 2. The van der Waals surface area contributed by atoms with Gasteiger partial charge in [-0.15, -0.1) is 0 Å². The van der Waals surface area contributed by atoms with Gasteiger partial charge in [0.25, 0.3) is 0 Å². The SMILES string of the molecule is Cc1cccc(C(C)(O)Cc2cccc(Cl)c2)c1. The summed E-state index contributed by atoms with van der Waals surface area (Å²) in [6.07, 6.45) is 0.553. The zero-order valence-corrected chi connectivity index (χ0v) is 11.4. The Morgan fingerprint density at radius 3 is 2.50 bits per heavy atom. The molecule has 0 aliphatic rings. The predicted molar refractivity (Wildman–Crippen MR) is 75.9 cm³/mol. The van der Waals surface area contributed by atoms with Crippen molar-refractivity contribution in [3.8, 4) is 0 Å². The van der Waals surface area contributed by atoms with E-state index in [1.54, 1.807) is 0 Å². The second-order valence-electron chi connectivity index (χ2n) is 4.95. The molecule has 1 nitrogen and oxygen atoms in total. The molecule has 0 radical (unpaired) electrons. The maximum absolute atomic E-state index is 10.6. The monoisotopic (exact) mass is 260 g/mol. The Hall–Kier alpha value is -1.31. The average Bonchev–Trinajstić information content (AvgIpc) is 2.28. The van der Waals surface area contributed by atoms with Crippen molar-refractivity contribution in [3.05, 3.63) is 70.2 Å². The molecule has 2 aromatic rings. The number of halogens is 1. The Labute approximate surface area is 113 Å². The summed E-state index contributed by atoms with van der Waals surface area (Å²) in [5.74, 6) is 0. The summed E-state index contributed by atoms with van der Waals surface area (Å²) in [7, 11) is 0. The molecule has 0 bridgehead atoms. The highest BCUT2D eigenvalue weighted by molar-refractivity contribution is 6.30. The molecule has 0 heterocycles. The molecule has 18 heavy (non-hydrogen) atoms. The summed E-state index contributed by atoms with van der Waals surface area (Å²) in [4.78, 5) is 0. The van der Waals surface area contributed by atoms with Crippen LogP contribution in [0.2, 0.25) is 5.02 Å². The van der Waals surface area contributed by atoms with Crippen molar-refractivity contribution >= 4 is 11.6 Å². The van der Waals surface area contributed by atoms with E-state index in [0.717, 1.165) is 16.7 Å². The lowest BCUT2D eigenvalue weighted by Gasteiger charge is -2.24. The van der Waals surface area contributed by atoms with Crippen LogP contribution in [0.25, 0.3) is 0 Å². The third kappa shape index (κ3) is 3.12. The first-order chi connectivity index (χ1) is 8.47. The molecule has 0 amide bonds. The molecule has 2 aromatic carbocycles. The summed E-state index contributed by atoms with van der Waals surface area (Å²) in [6, 6.07) is 15.6. The van der Waals surface area contributed by atoms with Crippen molar-refractivity contribution in [2.75, 3.05) is 0 Å². The van der Waals surface area contributed by atoms with E-state index < -0.39 is 5.60 Å². The van der Waals surface area contributed by atoms with Gasteiger partial charge >= 0.3 is 0 Å². The van der Waals surface area contributed by atoms with E-state index in [1.165, 1.54) is 0 Å². The number of hydrogen-bond donors (Lipinski definition) is 1. The fourth-order valence-corrected chi connectivity index (χ4v) is 2.34. The van der Waals surface area contributed by atoms with Gasteiger partial charge in [0, 0.05) is 11.4 Å². The van der Waals surface area contributed by atoms with Gasteiger partial charge < -0.3 is 5.11 Å². The van der Waals surface area contributed by atoms with Gasteiger partial charge in [0.2, 0.25) is 0 Å². The van der Waals surface area contributed by atoms with Crippen LogP contribution in [0.15, 0.2) is 48.5 Å². The highest BCUT2D eigenvalue weighted by atomic mass is 35.5. The Balaban J connectivity index is 2.26. The van der Waals surface area contributed by atoms with Crippen LogP contribution in [-0.2, 0) is 12.0 Å². The van der Waals surface area contributed by atoms with Crippen LogP contribution in [0.3, 0.4) is 0 Å². The third-order valence-corrected chi connectivity index (χ3v) is 3.31. The molecule has 0 aromatic heterocycles. The average molecular weight is 261 g/mol. The van der Waals surface area contributed by atoms with E-state index in [2.05, 4.69) is 0 Å². The summed E-state index contributed by atoms with van der Waals surface area (Å²) in [6.45, 7) is 3.86. The Bertz CT molecular complexity index is 546. The van der Waals surface area contributed by atoms with Gasteiger partial charge in [0.1, 0.15) is 0 Å². The van der Waals surface area contributed by atoms with Gasteiger partial charge in [-0.2, -0.15) is 0 Å². The zero-order chi connectivity index (χ0) is 13.2. The minimum Gasteiger partial charge on any atom is -0.385 e. The molecule has 0 saturated heterocycles. The topological polar surface area (TPSA) is 20.2 Å². The second-order valence-corrected chi connectivity index (χ2v) is 5.39. The normalized spacial score (nSPS) is 14.2. The molecule has 0 spiro atoms. The van der Waals surface area contributed by atoms with Gasteiger partial charge in [0.05, 0.1) is 5.60 Å². The molecule has 0 aliphatic heterocycles. The quantitative estimate of drug-likeness (QED) is 0.881. The molecular formula is C16H17ClO. The zero-order valence-electron chi connectivity index (χ0n) is 10.7. The molecule has 0 aliphatic carbocycles. The van der Waals surface area contributed by atoms with E-state index in [9.17, 15) is 5.11 Å². The Morgan fingerprint density at radius 2 is 1.83 bits per heavy atom. The minimum atomic E-state index is -0.878. The summed E-state index contributed by atoms with van der Waals surface area (Å²) in [5.41, 5.74) is 2.24. The standard InChI is InChI=1S/C16H17ClO/c1-12-5-3-7-14(9-12)16(2,18)11-13-6-4-8-15(17)10-13/h3-10,18H,11H2,1-2H3. The summed E-state index contributed by atoms with van der Waals surface area (Å²) < 4.78 is 0. The van der Waals surface area contributed by atoms with E-state index >= 15 is 0 Å². The van der Waals surface area contributed by atoms with Crippen LogP contribution in [0.5, 0.6) is 0 Å². The predicted octanol–water partition coefficient (Wildman–Crippen LogP) is 4.10. The number of hydrogen-bond acceptors (Lipinski definition) is 1. The molecule has 0 saturated carbocycles. The van der Waals surface area contributed by atoms with Crippen LogP contribution < -0.4 is 0 Å². The van der Waals surface area contributed by atoms with Crippen LogP contribution in [0.4, 0.5) is 0 Å². The van der Waals surface area contributed by atoms with E-state index in [0.29, 0.717) is 11.4 Å². The maximum Gasteiger partial charge on any atom is 0.0908 e. The van der Waals surface area contributed by atoms with Crippen molar-refractivity contribution in [1.82, 2.24) is 0 Å². The van der Waals surface area contributed by atoms with Gasteiger partial charge in [-0.05, 0) is 37.1 Å². The fraction of sp³-hybridized carbons (Fsp3) is 0.250. The summed E-state index contributed by atoms with van der Waals surface area (Å²) in [5, 5.41) is 11.3. The van der Waals surface area contributed by atoms with Crippen molar-refractivity contribution in [1.29, 1.82) is 0 Å². The first-order valence-electron chi connectivity index (χ1n) is 6.01. The van der Waals surface area contributed by atoms with Gasteiger partial charge in [-0.3, -0.25) is 0 Å². The van der Waals surface area contributed by atoms with E-state index in [4.69, 9.17) is 11.6 Å². The van der Waals surface area contributed by atoms with Gasteiger partial charge in [-0.25, -0.2) is 0 Å². The highest BCUT2D eigenvalue weighted by Gasteiger charge is 2.23. The molecule has 1 atom stereocenters. The largest absolute Gasteiger partial charge is 0.385 e. The van der Waals surface area contributed by atoms with Crippen molar-refractivity contribution in [3.63, 3.8) is 0 Å². The first-order valence-corrected chi connectivity index (χ1v) is 6.39. The Kier molecular flexibility index (Phi) is 3.74. The second kappa shape index (κ2) is 5.13. The molecule has 2 heteroatoms. The van der Waals surface area contributed by atoms with Crippen LogP contribution in [0, 0.1) is 6.92 Å². The van der Waals surface area contributed by atoms with Gasteiger partial charge in [0.15, 0.2) is 0 Å². The number of rotatable bonds is 3. The lowest BCUT2D eigenvalue weighted by atomic mass is 9.88. The van der Waals surface area contributed by atoms with E-state index in [1.807, 2.05) is 62.4 Å². The summed E-state index contributed by atoms with van der Waals surface area (Å²) >= 11 is 5.96. The third-order valence-electron chi connectivity index (χ3n) is 3.08. The first kappa shape index (κ1) is 13.1. The van der Waals surface area contributed by atoms with Crippen LogP contribution in [0.1, 0.15) is 23.6 Å². The smallest absolute Gasteiger partial charge is 0.0908 e. The fourth-order valence-electron chi connectivity index (χ4n) is 2.13. The van der Waals surface area contributed by atoms with Crippen molar-refractivity contribution in [2.45, 2.75) is 25.9 Å². The number of aryl methyl sites for hydroxylation is 1. The lowest BCUT2D eigenvalue weighted by Crippen LogP contribution is -2.24. The molecule has 1 N–H and O–H groups in total. The maximum atomic E-state index is 10.6. The van der Waals surface area contributed by atoms with Crippen LogP contribution >= 0.6 is 11.6 Å². The highest BCUT2D eigenvalue weighted by Crippen LogP contribution is 2.26. The van der Waals surface area contributed by atoms with Crippen molar-refractivity contribution < 1.29 is 5.11 Å². The molecule has 2 rings (SSSR count). The molecule has 94 valence electrons. The molecular weight excluding hydrogens is 244 g/mol. The van der Waals surface area contributed by atoms with Crippen molar-refractivity contribution in [2.24, 2.45) is 0 Å². The van der Waals surface area contributed by atoms with Gasteiger partial charge in [-0.1, -0.05) is 53.6 Å². The van der Waals surface area contributed by atoms with Crippen LogP contribution in [-0.4, -0.2) is 5.11 Å². The molecule has 0 fully saturated rings.